The zero-order valence-corrected chi connectivity index (χ0v) is 17.6. The molecule has 0 aliphatic carbocycles. The van der Waals surface area contributed by atoms with Crippen LogP contribution in [0.3, 0.4) is 0 Å². The van der Waals surface area contributed by atoms with E-state index in [0.29, 0.717) is 27.8 Å². The average molecular weight is 441 g/mol. The van der Waals surface area contributed by atoms with Crippen molar-refractivity contribution in [2.75, 3.05) is 19.5 Å². The highest BCUT2D eigenvalue weighted by molar-refractivity contribution is 7.92. The van der Waals surface area contributed by atoms with Gasteiger partial charge in [0.25, 0.3) is 10.0 Å². The third kappa shape index (κ3) is 4.01. The lowest BCUT2D eigenvalue weighted by molar-refractivity contribution is 0.256. The minimum Gasteiger partial charge on any atom is -0.493 e. The highest BCUT2D eigenvalue weighted by atomic mass is 35.5. The second kappa shape index (κ2) is 7.86. The van der Waals surface area contributed by atoms with Crippen LogP contribution in [0.5, 0.6) is 11.5 Å². The summed E-state index contributed by atoms with van der Waals surface area (Å²) in [7, 11) is -1.10. The zero-order chi connectivity index (χ0) is 20.5. The fourth-order valence-corrected chi connectivity index (χ4v) is 5.49. The molecule has 0 unspecified atom stereocenters. The number of benzene rings is 2. The van der Waals surface area contributed by atoms with E-state index in [1.54, 1.807) is 37.3 Å². The Morgan fingerprint density at radius 1 is 1.07 bits per heavy atom. The first kappa shape index (κ1) is 20.2. The molecule has 1 heterocycles. The molecule has 3 aromatic rings. The van der Waals surface area contributed by atoms with Crippen molar-refractivity contribution in [1.82, 2.24) is 4.72 Å². The summed E-state index contributed by atoms with van der Waals surface area (Å²) >= 11 is 7.06. The van der Waals surface area contributed by atoms with E-state index in [1.807, 2.05) is 4.72 Å². The maximum Gasteiger partial charge on any atom is 0.333 e. The standard InChI is InChI=1S/C18H17ClN2O5S2/c1-10-13-8-11(19)4-7-16(13)27-17(10)28(23,24)21-18(22)20-12-5-6-14(25-2)15(9-12)26-3/h4-9H,1-3H3,(H2,20,21,22). The van der Waals surface area contributed by atoms with Gasteiger partial charge < -0.3 is 14.8 Å². The summed E-state index contributed by atoms with van der Waals surface area (Å²) in [6.07, 6.45) is 0. The van der Waals surface area contributed by atoms with Gasteiger partial charge >= 0.3 is 6.03 Å². The van der Waals surface area contributed by atoms with Gasteiger partial charge in [-0.1, -0.05) is 11.6 Å². The van der Waals surface area contributed by atoms with Crippen molar-refractivity contribution in [3.05, 3.63) is 47.0 Å². The van der Waals surface area contributed by atoms with Gasteiger partial charge in [0.15, 0.2) is 11.5 Å². The van der Waals surface area contributed by atoms with E-state index in [9.17, 15) is 13.2 Å². The Morgan fingerprint density at radius 2 is 1.79 bits per heavy atom. The van der Waals surface area contributed by atoms with Gasteiger partial charge in [-0.05, 0) is 48.2 Å². The number of carbonyl (C=O) groups is 1. The number of thiophene rings is 1. The molecule has 2 N–H and O–H groups in total. The Labute approximate surface area is 171 Å². The normalized spacial score (nSPS) is 11.3. The molecule has 0 saturated heterocycles. The number of methoxy groups -OCH3 is 2. The minimum atomic E-state index is -4.06. The van der Waals surface area contributed by atoms with Gasteiger partial charge in [-0.2, -0.15) is 0 Å². The van der Waals surface area contributed by atoms with Gasteiger partial charge in [-0.15, -0.1) is 11.3 Å². The Morgan fingerprint density at radius 3 is 2.46 bits per heavy atom. The molecular formula is C18H17ClN2O5S2. The smallest absolute Gasteiger partial charge is 0.333 e. The summed E-state index contributed by atoms with van der Waals surface area (Å²) in [6.45, 7) is 1.68. The molecule has 0 aliphatic heterocycles. The first-order valence-electron chi connectivity index (χ1n) is 7.99. The van der Waals surface area contributed by atoms with Crippen molar-refractivity contribution < 1.29 is 22.7 Å². The second-order valence-electron chi connectivity index (χ2n) is 5.78. The first-order chi connectivity index (χ1) is 13.2. The van der Waals surface area contributed by atoms with E-state index in [-0.39, 0.29) is 4.21 Å². The van der Waals surface area contributed by atoms with Crippen molar-refractivity contribution in [3.63, 3.8) is 0 Å². The monoisotopic (exact) mass is 440 g/mol. The number of hydrogen-bond donors (Lipinski definition) is 2. The molecule has 148 valence electrons. The number of urea groups is 1. The molecule has 10 heteroatoms. The molecule has 0 fully saturated rings. The lowest BCUT2D eigenvalue weighted by Crippen LogP contribution is -2.34. The Balaban J connectivity index is 1.83. The molecule has 0 spiro atoms. The van der Waals surface area contributed by atoms with Crippen LogP contribution >= 0.6 is 22.9 Å². The zero-order valence-electron chi connectivity index (χ0n) is 15.2. The number of halogens is 1. The maximum atomic E-state index is 12.7. The predicted molar refractivity (Wildman–Crippen MR) is 110 cm³/mol. The molecule has 0 atom stereocenters. The van der Waals surface area contributed by atoms with Gasteiger partial charge in [0.2, 0.25) is 0 Å². The van der Waals surface area contributed by atoms with Gasteiger partial charge in [0, 0.05) is 21.5 Å². The van der Waals surface area contributed by atoms with Gasteiger partial charge in [-0.3, -0.25) is 0 Å². The van der Waals surface area contributed by atoms with E-state index in [0.717, 1.165) is 21.4 Å². The molecule has 0 saturated carbocycles. The largest absolute Gasteiger partial charge is 0.493 e. The van der Waals surface area contributed by atoms with E-state index >= 15 is 0 Å². The molecule has 2 amide bonds. The molecule has 3 rings (SSSR count). The number of ether oxygens (including phenoxy) is 2. The summed E-state index contributed by atoms with van der Waals surface area (Å²) in [5.74, 6) is 0.890. The van der Waals surface area contributed by atoms with Gasteiger partial charge in [-0.25, -0.2) is 17.9 Å². The van der Waals surface area contributed by atoms with Crippen LogP contribution in [0.4, 0.5) is 10.5 Å². The van der Waals surface area contributed by atoms with Crippen molar-refractivity contribution >= 4 is 54.8 Å². The fourth-order valence-electron chi connectivity index (χ4n) is 2.67. The van der Waals surface area contributed by atoms with E-state index in [2.05, 4.69) is 5.32 Å². The van der Waals surface area contributed by atoms with Gasteiger partial charge in [0.1, 0.15) is 4.21 Å². The number of amides is 2. The molecule has 0 radical (unpaired) electrons. The maximum absolute atomic E-state index is 12.7. The van der Waals surface area contributed by atoms with E-state index in [1.165, 1.54) is 20.3 Å². The number of anilines is 1. The average Bonchev–Trinajstić information content (AvgIpc) is 2.98. The molecule has 28 heavy (non-hydrogen) atoms. The van der Waals surface area contributed by atoms with Crippen LogP contribution in [-0.4, -0.2) is 28.7 Å². The highest BCUT2D eigenvalue weighted by Gasteiger charge is 2.24. The highest BCUT2D eigenvalue weighted by Crippen LogP contribution is 2.35. The third-order valence-electron chi connectivity index (χ3n) is 3.97. The number of rotatable bonds is 5. The lowest BCUT2D eigenvalue weighted by Gasteiger charge is -2.11. The SMILES string of the molecule is COc1ccc(NC(=O)NS(=O)(=O)c2sc3ccc(Cl)cc3c2C)cc1OC. The van der Waals surface area contributed by atoms with Crippen LogP contribution in [0, 0.1) is 6.92 Å². The quantitative estimate of drug-likeness (QED) is 0.613. The minimum absolute atomic E-state index is 0.0622. The Kier molecular flexibility index (Phi) is 5.69. The predicted octanol–water partition coefficient (Wildman–Crippen LogP) is 4.39. The van der Waals surface area contributed by atoms with Crippen LogP contribution < -0.4 is 19.5 Å². The molecule has 2 aromatic carbocycles. The van der Waals surface area contributed by atoms with Gasteiger partial charge in [0.05, 0.1) is 14.2 Å². The van der Waals surface area contributed by atoms with E-state index in [4.69, 9.17) is 21.1 Å². The Bertz CT molecular complexity index is 1160. The van der Waals surface area contributed by atoms with Crippen LogP contribution in [-0.2, 0) is 10.0 Å². The summed E-state index contributed by atoms with van der Waals surface area (Å²) in [5.41, 5.74) is 0.888. The molecule has 0 bridgehead atoms. The summed E-state index contributed by atoms with van der Waals surface area (Å²) in [4.78, 5) is 12.2. The summed E-state index contributed by atoms with van der Waals surface area (Å²) in [5, 5.41) is 3.72. The molecule has 1 aromatic heterocycles. The summed E-state index contributed by atoms with van der Waals surface area (Å²) in [6, 6.07) is 8.94. The lowest BCUT2D eigenvalue weighted by atomic mass is 10.2. The number of nitrogens with one attached hydrogen (secondary N) is 2. The number of fused-ring (bicyclic) bond motifs is 1. The molecular weight excluding hydrogens is 424 g/mol. The summed E-state index contributed by atoms with van der Waals surface area (Å²) < 4.78 is 38.5. The molecule has 7 nitrogen and oxygen atoms in total. The number of hydrogen-bond acceptors (Lipinski definition) is 6. The van der Waals surface area contributed by atoms with Crippen molar-refractivity contribution in [2.24, 2.45) is 0 Å². The van der Waals surface area contributed by atoms with Crippen LogP contribution in [0.2, 0.25) is 5.02 Å². The number of aryl methyl sites for hydroxylation is 1. The van der Waals surface area contributed by atoms with Crippen molar-refractivity contribution in [3.8, 4) is 11.5 Å². The van der Waals surface area contributed by atoms with Crippen LogP contribution in [0.15, 0.2) is 40.6 Å². The third-order valence-corrected chi connectivity index (χ3v) is 7.43. The number of sulfonamides is 1. The van der Waals surface area contributed by atoms with Crippen LogP contribution in [0.25, 0.3) is 10.1 Å². The van der Waals surface area contributed by atoms with E-state index < -0.39 is 16.1 Å². The topological polar surface area (TPSA) is 93.7 Å². The second-order valence-corrected chi connectivity index (χ2v) is 9.15. The fraction of sp³-hybridized carbons (Fsp3) is 0.167. The Hall–Kier alpha value is -2.49. The molecule has 0 aliphatic rings. The first-order valence-corrected chi connectivity index (χ1v) is 10.7. The van der Waals surface area contributed by atoms with Crippen molar-refractivity contribution in [2.45, 2.75) is 11.1 Å². The van der Waals surface area contributed by atoms with Crippen molar-refractivity contribution in [1.29, 1.82) is 0 Å². The van der Waals surface area contributed by atoms with Crippen LogP contribution in [0.1, 0.15) is 5.56 Å². The number of carbonyl (C=O) groups excluding carboxylic acids is 1.